The molecule has 0 saturated carbocycles. The molecule has 0 atom stereocenters. The SMILES string of the molecule is CN(CCOCCN(CCOCCN(C)C(=O)OC(C)(C)C)C(=NC(=O)OC(C)(C)C)NC(=O)OC(C)(C)C)C(=O)OC(C)(C)C. The minimum Gasteiger partial charge on any atom is -0.444 e. The molecule has 0 radical (unpaired) electrons. The molecule has 0 saturated heterocycles. The first-order chi connectivity index (χ1) is 20.8. The molecule has 4 amide bonds. The fourth-order valence-electron chi connectivity index (χ4n) is 3.09. The van der Waals surface area contributed by atoms with Gasteiger partial charge in [-0.15, -0.1) is 4.99 Å². The molecule has 0 aromatic heterocycles. The van der Waals surface area contributed by atoms with Crippen LogP contribution < -0.4 is 5.32 Å². The van der Waals surface area contributed by atoms with Gasteiger partial charge in [0.25, 0.3) is 0 Å². The van der Waals surface area contributed by atoms with Gasteiger partial charge in [-0.3, -0.25) is 5.32 Å². The first-order valence-corrected chi connectivity index (χ1v) is 15.4. The van der Waals surface area contributed by atoms with Crippen LogP contribution in [0.3, 0.4) is 0 Å². The topological polar surface area (TPSA) is 158 Å². The van der Waals surface area contributed by atoms with Gasteiger partial charge in [-0.05, 0) is 83.1 Å². The third-order valence-electron chi connectivity index (χ3n) is 5.07. The number of amides is 4. The molecule has 0 aromatic carbocycles. The third-order valence-corrected chi connectivity index (χ3v) is 5.07. The van der Waals surface area contributed by atoms with Gasteiger partial charge in [-0.1, -0.05) is 0 Å². The van der Waals surface area contributed by atoms with E-state index in [0.29, 0.717) is 0 Å². The Bertz CT molecular complexity index is 963. The van der Waals surface area contributed by atoms with E-state index in [9.17, 15) is 19.2 Å². The monoisotopic (exact) mass is 661 g/mol. The van der Waals surface area contributed by atoms with Crippen LogP contribution in [-0.4, -0.2) is 134 Å². The Balaban J connectivity index is 5.62. The summed E-state index contributed by atoms with van der Waals surface area (Å²) in [5, 5.41) is 2.55. The van der Waals surface area contributed by atoms with E-state index in [2.05, 4.69) is 10.3 Å². The van der Waals surface area contributed by atoms with Crippen LogP contribution in [0.25, 0.3) is 0 Å². The fourth-order valence-corrected chi connectivity index (χ4v) is 3.09. The Morgan fingerprint density at radius 2 is 0.891 bits per heavy atom. The molecule has 0 unspecified atom stereocenters. The molecule has 0 spiro atoms. The number of alkyl carbamates (subject to hydrolysis) is 1. The van der Waals surface area contributed by atoms with Gasteiger partial charge in [-0.25, -0.2) is 19.2 Å². The van der Waals surface area contributed by atoms with Crippen molar-refractivity contribution in [3.8, 4) is 0 Å². The van der Waals surface area contributed by atoms with Crippen molar-refractivity contribution >= 4 is 30.3 Å². The lowest BCUT2D eigenvalue weighted by Crippen LogP contribution is -2.49. The number of hydrogen-bond acceptors (Lipinski definition) is 10. The maximum Gasteiger partial charge on any atom is 0.437 e. The number of aliphatic imine (C=N–C) groups is 1. The number of guanidine groups is 1. The van der Waals surface area contributed by atoms with E-state index in [1.54, 1.807) is 102 Å². The minimum atomic E-state index is -0.914. The van der Waals surface area contributed by atoms with Gasteiger partial charge in [0.05, 0.1) is 26.4 Å². The van der Waals surface area contributed by atoms with Crippen LogP contribution in [0, 0.1) is 0 Å². The van der Waals surface area contributed by atoms with E-state index in [4.69, 9.17) is 28.4 Å². The van der Waals surface area contributed by atoms with Crippen LogP contribution in [-0.2, 0) is 28.4 Å². The Morgan fingerprint density at radius 3 is 1.24 bits per heavy atom. The zero-order valence-electron chi connectivity index (χ0n) is 30.5. The summed E-state index contributed by atoms with van der Waals surface area (Å²) in [6.07, 6.45) is -2.68. The van der Waals surface area contributed by atoms with Gasteiger partial charge in [0.15, 0.2) is 0 Å². The second-order valence-corrected chi connectivity index (χ2v) is 14.6. The maximum atomic E-state index is 12.7. The van der Waals surface area contributed by atoms with Gasteiger partial charge < -0.3 is 43.1 Å². The number of carbonyl (C=O) groups is 4. The van der Waals surface area contributed by atoms with E-state index in [-0.39, 0.29) is 58.6 Å². The first kappa shape index (κ1) is 42.7. The van der Waals surface area contributed by atoms with Crippen LogP contribution in [0.4, 0.5) is 19.2 Å². The first-order valence-electron chi connectivity index (χ1n) is 15.4. The Hall–Kier alpha value is -3.33. The van der Waals surface area contributed by atoms with Crippen LogP contribution in [0.1, 0.15) is 83.1 Å². The predicted octanol–water partition coefficient (Wildman–Crippen LogP) is 4.87. The molecule has 46 heavy (non-hydrogen) atoms. The molecule has 0 bridgehead atoms. The number of carbonyl (C=O) groups excluding carboxylic acids is 4. The number of ether oxygens (including phenoxy) is 6. The van der Waals surface area contributed by atoms with Gasteiger partial charge in [0.1, 0.15) is 22.4 Å². The molecule has 15 nitrogen and oxygen atoms in total. The van der Waals surface area contributed by atoms with Crippen molar-refractivity contribution < 1.29 is 47.6 Å². The van der Waals surface area contributed by atoms with Gasteiger partial charge in [0.2, 0.25) is 5.96 Å². The highest BCUT2D eigenvalue weighted by molar-refractivity contribution is 5.98. The molecule has 0 aliphatic rings. The zero-order valence-corrected chi connectivity index (χ0v) is 30.5. The molecule has 268 valence electrons. The van der Waals surface area contributed by atoms with Crippen LogP contribution in [0.5, 0.6) is 0 Å². The van der Waals surface area contributed by atoms with Crippen molar-refractivity contribution in [3.05, 3.63) is 0 Å². The number of nitrogens with one attached hydrogen (secondary N) is 1. The van der Waals surface area contributed by atoms with Crippen LogP contribution in [0.2, 0.25) is 0 Å². The zero-order chi connectivity index (χ0) is 35.9. The highest BCUT2D eigenvalue weighted by Gasteiger charge is 2.24. The van der Waals surface area contributed by atoms with Gasteiger partial charge >= 0.3 is 24.4 Å². The smallest absolute Gasteiger partial charge is 0.437 e. The third kappa shape index (κ3) is 23.1. The molecule has 15 heteroatoms. The van der Waals surface area contributed by atoms with E-state index in [1.165, 1.54) is 9.80 Å². The van der Waals surface area contributed by atoms with E-state index in [0.717, 1.165) is 0 Å². The Kier molecular flexibility index (Phi) is 17.4. The second kappa shape index (κ2) is 18.7. The van der Waals surface area contributed by atoms with E-state index in [1.807, 2.05) is 0 Å². The Morgan fingerprint density at radius 1 is 0.543 bits per heavy atom. The molecule has 0 rings (SSSR count). The molecule has 0 aliphatic heterocycles. The average Bonchev–Trinajstić information content (AvgIpc) is 2.81. The summed E-state index contributed by atoms with van der Waals surface area (Å²) in [6, 6.07) is 0. The largest absolute Gasteiger partial charge is 0.444 e. The predicted molar refractivity (Wildman–Crippen MR) is 174 cm³/mol. The van der Waals surface area contributed by atoms with Gasteiger partial charge in [0, 0.05) is 40.3 Å². The molecular formula is C31H59N5O10. The summed E-state index contributed by atoms with van der Waals surface area (Å²) in [5.74, 6) is -0.118. The van der Waals surface area contributed by atoms with Gasteiger partial charge in [-0.2, -0.15) is 0 Å². The Labute approximate surface area is 275 Å². The van der Waals surface area contributed by atoms with E-state index < -0.39 is 46.8 Å². The average molecular weight is 662 g/mol. The molecule has 1 N–H and O–H groups in total. The summed E-state index contributed by atoms with van der Waals surface area (Å²) < 4.78 is 32.9. The van der Waals surface area contributed by atoms with Crippen molar-refractivity contribution in [2.45, 2.75) is 105 Å². The quantitative estimate of drug-likeness (QED) is 0.132. The normalized spacial score (nSPS) is 12.6. The summed E-state index contributed by atoms with van der Waals surface area (Å²) in [7, 11) is 3.22. The number of likely N-dealkylation sites (N-methyl/N-ethyl adjacent to an activating group) is 2. The molecule has 0 heterocycles. The van der Waals surface area contributed by atoms with Crippen molar-refractivity contribution in [2.75, 3.05) is 66.7 Å². The van der Waals surface area contributed by atoms with Crippen molar-refractivity contribution in [1.82, 2.24) is 20.0 Å². The lowest BCUT2D eigenvalue weighted by Gasteiger charge is -2.28. The lowest BCUT2D eigenvalue weighted by atomic mass is 10.2. The number of rotatable bonds is 12. The minimum absolute atomic E-state index is 0.118. The summed E-state index contributed by atoms with van der Waals surface area (Å²) in [6.45, 7) is 22.5. The lowest BCUT2D eigenvalue weighted by molar-refractivity contribution is 0.0216. The number of hydrogen-bond donors (Lipinski definition) is 1. The maximum absolute atomic E-state index is 12.7. The van der Waals surface area contributed by atoms with Crippen LogP contribution in [0.15, 0.2) is 4.99 Å². The van der Waals surface area contributed by atoms with Crippen molar-refractivity contribution in [2.24, 2.45) is 4.99 Å². The second-order valence-electron chi connectivity index (χ2n) is 14.6. The summed E-state index contributed by atoms with van der Waals surface area (Å²) in [4.78, 5) is 58.3. The van der Waals surface area contributed by atoms with E-state index >= 15 is 0 Å². The van der Waals surface area contributed by atoms with Crippen molar-refractivity contribution in [3.63, 3.8) is 0 Å². The summed E-state index contributed by atoms with van der Waals surface area (Å²) in [5.41, 5.74) is -2.87. The standard InChI is InChI=1S/C31H59N5O10/c1-28(2,3)43-24(37)32-23(33-25(38)44-29(4,5)6)36(17-21-41-19-15-34(13)26(39)45-30(7,8)9)18-22-42-20-16-35(14)27(40)46-31(10,11)12/h15-22H2,1-14H3,(H,32,33,37,38). The molecule has 0 aliphatic carbocycles. The molecule has 0 fully saturated rings. The number of nitrogens with zero attached hydrogens (tertiary/aromatic N) is 4. The molecular weight excluding hydrogens is 602 g/mol. The van der Waals surface area contributed by atoms with Crippen LogP contribution >= 0.6 is 0 Å². The highest BCUT2D eigenvalue weighted by Crippen LogP contribution is 2.11. The summed E-state index contributed by atoms with van der Waals surface area (Å²) >= 11 is 0. The highest BCUT2D eigenvalue weighted by atomic mass is 16.6. The molecule has 0 aromatic rings. The fraction of sp³-hybridized carbons (Fsp3) is 0.839. The van der Waals surface area contributed by atoms with Crippen molar-refractivity contribution in [1.29, 1.82) is 0 Å².